The van der Waals surface area contributed by atoms with Crippen molar-refractivity contribution in [2.45, 2.75) is 0 Å². The Balaban J connectivity index is 1.70. The molecule has 0 atom stereocenters. The second kappa shape index (κ2) is 7.87. The zero-order valence-electron chi connectivity index (χ0n) is 14.9. The number of halogens is 1. The molecule has 8 nitrogen and oxygen atoms in total. The number of anilines is 2. The van der Waals surface area contributed by atoms with Crippen molar-refractivity contribution in [3.05, 3.63) is 59.9 Å². The van der Waals surface area contributed by atoms with Crippen LogP contribution in [0, 0.1) is 5.82 Å². The number of nitrogens with one attached hydrogen (secondary N) is 2. The predicted octanol–water partition coefficient (Wildman–Crippen LogP) is 1.91. The third kappa shape index (κ3) is 4.14. The van der Waals surface area contributed by atoms with E-state index in [0.29, 0.717) is 5.69 Å². The number of benzene rings is 2. The second-order valence-corrected chi connectivity index (χ2v) is 6.17. The lowest BCUT2D eigenvalue weighted by atomic mass is 10.1. The maximum atomic E-state index is 13.0. The molecular weight excluding hydrogens is 367 g/mol. The molecule has 0 radical (unpaired) electrons. The number of amides is 5. The molecule has 28 heavy (non-hydrogen) atoms. The van der Waals surface area contributed by atoms with E-state index >= 15 is 0 Å². The van der Waals surface area contributed by atoms with Crippen molar-refractivity contribution in [2.24, 2.45) is 0 Å². The number of carbonyl (C=O) groups is 4. The van der Waals surface area contributed by atoms with Gasteiger partial charge in [0.05, 0.1) is 11.3 Å². The van der Waals surface area contributed by atoms with E-state index < -0.39 is 36.1 Å². The molecule has 1 aliphatic heterocycles. The number of imide groups is 1. The molecule has 1 aliphatic rings. The summed E-state index contributed by atoms with van der Waals surface area (Å²) in [6.45, 7) is -0.529. The lowest BCUT2D eigenvalue weighted by Crippen LogP contribution is -2.38. The van der Waals surface area contributed by atoms with Gasteiger partial charge < -0.3 is 15.5 Å². The monoisotopic (exact) mass is 384 g/mol. The van der Waals surface area contributed by atoms with Crippen LogP contribution in [0.5, 0.6) is 0 Å². The highest BCUT2D eigenvalue weighted by molar-refractivity contribution is 6.11. The van der Waals surface area contributed by atoms with Crippen LogP contribution in [0.15, 0.2) is 48.5 Å². The van der Waals surface area contributed by atoms with Crippen LogP contribution in [0.25, 0.3) is 0 Å². The highest BCUT2D eigenvalue weighted by atomic mass is 19.1. The Hall–Kier alpha value is -3.75. The lowest BCUT2D eigenvalue weighted by Gasteiger charge is -2.15. The summed E-state index contributed by atoms with van der Waals surface area (Å²) in [5, 5.41) is 5.15. The molecule has 0 spiro atoms. The molecule has 1 heterocycles. The molecule has 5 amide bonds. The summed E-state index contributed by atoms with van der Waals surface area (Å²) < 4.78 is 13.0. The van der Waals surface area contributed by atoms with Crippen LogP contribution in [0.1, 0.15) is 10.4 Å². The van der Waals surface area contributed by atoms with Gasteiger partial charge in [-0.05, 0) is 36.4 Å². The smallest absolute Gasteiger partial charge is 0.324 e. The Morgan fingerprint density at radius 1 is 1.04 bits per heavy atom. The maximum Gasteiger partial charge on any atom is 0.327 e. The van der Waals surface area contributed by atoms with Gasteiger partial charge in [0, 0.05) is 12.7 Å². The first-order chi connectivity index (χ1) is 13.3. The van der Waals surface area contributed by atoms with Crippen LogP contribution in [-0.4, -0.2) is 53.7 Å². The van der Waals surface area contributed by atoms with Gasteiger partial charge in [-0.1, -0.05) is 12.1 Å². The van der Waals surface area contributed by atoms with Gasteiger partial charge in [-0.15, -0.1) is 0 Å². The Labute approximate surface area is 159 Å². The zero-order valence-corrected chi connectivity index (χ0v) is 14.9. The van der Waals surface area contributed by atoms with Gasteiger partial charge in [0.1, 0.15) is 18.9 Å². The second-order valence-electron chi connectivity index (χ2n) is 6.17. The number of hydrogen-bond donors (Lipinski definition) is 2. The number of likely N-dealkylation sites (N-methyl/N-ethyl adjacent to an activating group) is 1. The summed E-state index contributed by atoms with van der Waals surface area (Å²) in [4.78, 5) is 50.5. The summed E-state index contributed by atoms with van der Waals surface area (Å²) >= 11 is 0. The highest BCUT2D eigenvalue weighted by Gasteiger charge is 2.34. The van der Waals surface area contributed by atoms with Crippen LogP contribution < -0.4 is 10.6 Å². The molecule has 1 fully saturated rings. The van der Waals surface area contributed by atoms with Gasteiger partial charge in [0.15, 0.2) is 0 Å². The topological polar surface area (TPSA) is 98.8 Å². The lowest BCUT2D eigenvalue weighted by molar-refractivity contribution is -0.129. The van der Waals surface area contributed by atoms with Crippen molar-refractivity contribution in [3.63, 3.8) is 0 Å². The standard InChI is InChI=1S/C19H17FN4O4/c1-23-11-17(26)24(19(23)28)10-16(25)22-15-5-3-2-4-14(15)18(27)21-13-8-6-12(20)7-9-13/h2-9H,10-11H2,1H3,(H,21,27)(H,22,25). The van der Waals surface area contributed by atoms with E-state index in [1.165, 1.54) is 48.3 Å². The first-order valence-corrected chi connectivity index (χ1v) is 8.36. The molecule has 3 rings (SSSR count). The van der Waals surface area contributed by atoms with E-state index in [9.17, 15) is 23.6 Å². The van der Waals surface area contributed by atoms with E-state index in [4.69, 9.17) is 0 Å². The van der Waals surface area contributed by atoms with E-state index in [-0.39, 0.29) is 17.8 Å². The van der Waals surface area contributed by atoms with E-state index in [1.54, 1.807) is 12.1 Å². The van der Waals surface area contributed by atoms with E-state index in [1.807, 2.05) is 0 Å². The Kier molecular flexibility index (Phi) is 5.35. The molecule has 0 aliphatic carbocycles. The molecule has 0 unspecified atom stereocenters. The number of carbonyl (C=O) groups excluding carboxylic acids is 4. The number of hydrogen-bond acceptors (Lipinski definition) is 4. The number of rotatable bonds is 5. The Morgan fingerprint density at radius 3 is 2.36 bits per heavy atom. The van der Waals surface area contributed by atoms with E-state index in [0.717, 1.165) is 4.90 Å². The average Bonchev–Trinajstić information content (AvgIpc) is 2.90. The van der Waals surface area contributed by atoms with Crippen molar-refractivity contribution in [1.29, 1.82) is 0 Å². The molecule has 1 saturated heterocycles. The number of nitrogens with zero attached hydrogens (tertiary/aromatic N) is 2. The summed E-state index contributed by atoms with van der Waals surface area (Å²) in [5.41, 5.74) is 0.791. The first-order valence-electron chi connectivity index (χ1n) is 8.36. The molecular formula is C19H17FN4O4. The highest BCUT2D eigenvalue weighted by Crippen LogP contribution is 2.18. The van der Waals surface area contributed by atoms with Crippen molar-refractivity contribution in [2.75, 3.05) is 30.8 Å². The minimum atomic E-state index is -0.612. The van der Waals surface area contributed by atoms with Gasteiger partial charge in [0.2, 0.25) is 5.91 Å². The molecule has 2 aromatic rings. The largest absolute Gasteiger partial charge is 0.327 e. The van der Waals surface area contributed by atoms with Crippen LogP contribution in [0.4, 0.5) is 20.6 Å². The van der Waals surface area contributed by atoms with Crippen molar-refractivity contribution < 1.29 is 23.6 Å². The molecule has 0 saturated carbocycles. The minimum absolute atomic E-state index is 0.0806. The van der Waals surface area contributed by atoms with Crippen LogP contribution in [-0.2, 0) is 9.59 Å². The van der Waals surface area contributed by atoms with Crippen LogP contribution in [0.3, 0.4) is 0 Å². The zero-order chi connectivity index (χ0) is 20.3. The van der Waals surface area contributed by atoms with Gasteiger partial charge in [-0.2, -0.15) is 0 Å². The summed E-state index contributed by atoms with van der Waals surface area (Å²) in [6, 6.07) is 11.0. The average molecular weight is 384 g/mol. The van der Waals surface area contributed by atoms with Gasteiger partial charge in [0.25, 0.3) is 11.8 Å². The minimum Gasteiger partial charge on any atom is -0.324 e. The number of urea groups is 1. The third-order valence-electron chi connectivity index (χ3n) is 4.08. The summed E-state index contributed by atoms with van der Waals surface area (Å²) in [6.07, 6.45) is 0. The third-order valence-corrected chi connectivity index (χ3v) is 4.08. The van der Waals surface area contributed by atoms with Gasteiger partial charge in [-0.25, -0.2) is 9.18 Å². The van der Waals surface area contributed by atoms with Gasteiger partial charge in [-0.3, -0.25) is 19.3 Å². The normalized spacial score (nSPS) is 13.6. The maximum absolute atomic E-state index is 13.0. The molecule has 2 N–H and O–H groups in total. The van der Waals surface area contributed by atoms with Crippen molar-refractivity contribution in [3.8, 4) is 0 Å². The summed E-state index contributed by atoms with van der Waals surface area (Å²) in [7, 11) is 1.47. The fourth-order valence-corrected chi connectivity index (χ4v) is 2.68. The fraction of sp³-hybridized carbons (Fsp3) is 0.158. The van der Waals surface area contributed by atoms with Crippen LogP contribution in [0.2, 0.25) is 0 Å². The number of para-hydroxylation sites is 1. The molecule has 0 bridgehead atoms. The SMILES string of the molecule is CN1CC(=O)N(CC(=O)Nc2ccccc2C(=O)Nc2ccc(F)cc2)C1=O. The van der Waals surface area contributed by atoms with E-state index in [2.05, 4.69) is 10.6 Å². The fourth-order valence-electron chi connectivity index (χ4n) is 2.68. The van der Waals surface area contributed by atoms with Crippen LogP contribution >= 0.6 is 0 Å². The Morgan fingerprint density at radius 2 is 1.71 bits per heavy atom. The molecule has 2 aromatic carbocycles. The van der Waals surface area contributed by atoms with Crippen molar-refractivity contribution in [1.82, 2.24) is 9.80 Å². The molecule has 0 aromatic heterocycles. The Bertz CT molecular complexity index is 945. The summed E-state index contributed by atoms with van der Waals surface area (Å²) in [5.74, 6) is -2.01. The predicted molar refractivity (Wildman–Crippen MR) is 99.2 cm³/mol. The molecule has 9 heteroatoms. The van der Waals surface area contributed by atoms with Gasteiger partial charge >= 0.3 is 6.03 Å². The first kappa shape index (κ1) is 19.0. The van der Waals surface area contributed by atoms with Crippen molar-refractivity contribution >= 4 is 35.1 Å². The quantitative estimate of drug-likeness (QED) is 0.770. The molecule has 144 valence electrons.